The van der Waals surface area contributed by atoms with Gasteiger partial charge in [0.2, 0.25) is 5.91 Å². The van der Waals surface area contributed by atoms with Gasteiger partial charge < -0.3 is 9.73 Å². The van der Waals surface area contributed by atoms with E-state index in [0.717, 1.165) is 20.4 Å². The zero-order valence-corrected chi connectivity index (χ0v) is 17.4. The summed E-state index contributed by atoms with van der Waals surface area (Å²) < 4.78 is 6.86. The molecule has 0 spiro atoms. The van der Waals surface area contributed by atoms with Gasteiger partial charge in [-0.3, -0.25) is 4.79 Å². The van der Waals surface area contributed by atoms with E-state index in [4.69, 9.17) is 27.6 Å². The maximum atomic E-state index is 12.1. The second kappa shape index (κ2) is 8.29. The van der Waals surface area contributed by atoms with E-state index in [0.29, 0.717) is 21.6 Å². The molecule has 26 heavy (non-hydrogen) atoms. The molecular weight excluding hydrogens is 484 g/mol. The van der Waals surface area contributed by atoms with Gasteiger partial charge in [0, 0.05) is 25.9 Å². The Morgan fingerprint density at radius 3 is 2.65 bits per heavy atom. The number of nitrogens with one attached hydrogen (secondary N) is 1. The Hall–Kier alpha value is -1.76. The van der Waals surface area contributed by atoms with Crippen molar-refractivity contribution >= 4 is 63.5 Å². The summed E-state index contributed by atoms with van der Waals surface area (Å²) in [5, 5.41) is 3.93. The molecule has 1 heterocycles. The Kier molecular flexibility index (Phi) is 6.06. The van der Waals surface area contributed by atoms with Crippen molar-refractivity contribution in [1.29, 1.82) is 0 Å². The molecule has 0 aliphatic carbocycles. The van der Waals surface area contributed by atoms with Gasteiger partial charge in [0.1, 0.15) is 11.5 Å². The molecule has 0 radical (unpaired) electrons. The fourth-order valence-electron chi connectivity index (χ4n) is 2.38. The second-order valence-corrected chi connectivity index (χ2v) is 7.70. The van der Waals surface area contributed by atoms with Crippen molar-refractivity contribution < 1.29 is 9.21 Å². The zero-order valence-electron chi connectivity index (χ0n) is 13.7. The van der Waals surface area contributed by atoms with Crippen molar-refractivity contribution in [1.82, 2.24) is 0 Å². The number of rotatable bonds is 4. The molecule has 2 aromatic carbocycles. The molecular formula is C20H14Cl2INO2. The first-order chi connectivity index (χ1) is 12.4. The molecule has 0 atom stereocenters. The first kappa shape index (κ1) is 19.0. The quantitative estimate of drug-likeness (QED) is 0.317. The van der Waals surface area contributed by atoms with E-state index in [9.17, 15) is 4.79 Å². The summed E-state index contributed by atoms with van der Waals surface area (Å²) in [6.07, 6.45) is 3.05. The maximum absolute atomic E-state index is 12.1. The number of amides is 1. The van der Waals surface area contributed by atoms with E-state index in [1.165, 1.54) is 6.08 Å². The van der Waals surface area contributed by atoms with Crippen molar-refractivity contribution in [3.63, 3.8) is 0 Å². The lowest BCUT2D eigenvalue weighted by Crippen LogP contribution is -2.08. The molecule has 0 fully saturated rings. The number of carbonyl (C=O) groups excluding carboxylic acids is 1. The number of hydrogen-bond acceptors (Lipinski definition) is 2. The molecule has 0 saturated carbocycles. The number of hydrogen-bond donors (Lipinski definition) is 1. The molecule has 3 rings (SSSR count). The van der Waals surface area contributed by atoms with Gasteiger partial charge in [-0.2, -0.15) is 0 Å². The average molecular weight is 498 g/mol. The SMILES string of the molecule is Cc1cc(I)ccc1NC(=O)/C=C/c1ccc(-c2ccc(Cl)cc2Cl)o1. The summed E-state index contributed by atoms with van der Waals surface area (Å²) in [4.78, 5) is 12.1. The molecule has 0 saturated heterocycles. The van der Waals surface area contributed by atoms with Gasteiger partial charge in [-0.05, 0) is 89.7 Å². The minimum Gasteiger partial charge on any atom is -0.457 e. The fourth-order valence-corrected chi connectivity index (χ4v) is 3.52. The summed E-state index contributed by atoms with van der Waals surface area (Å²) in [7, 11) is 0. The van der Waals surface area contributed by atoms with Gasteiger partial charge >= 0.3 is 0 Å². The number of anilines is 1. The smallest absolute Gasteiger partial charge is 0.248 e. The number of halogens is 3. The minimum absolute atomic E-state index is 0.225. The van der Waals surface area contributed by atoms with Gasteiger partial charge in [-0.25, -0.2) is 0 Å². The Balaban J connectivity index is 1.71. The third-order valence-corrected chi connectivity index (χ3v) is 4.89. The molecule has 1 N–H and O–H groups in total. The van der Waals surface area contributed by atoms with Crippen molar-refractivity contribution in [3.05, 3.63) is 79.5 Å². The molecule has 0 bridgehead atoms. The lowest BCUT2D eigenvalue weighted by molar-refractivity contribution is -0.111. The van der Waals surface area contributed by atoms with E-state index in [-0.39, 0.29) is 5.91 Å². The summed E-state index contributed by atoms with van der Waals surface area (Å²) in [5.41, 5.74) is 2.54. The third-order valence-electron chi connectivity index (χ3n) is 3.67. The Morgan fingerprint density at radius 1 is 1.12 bits per heavy atom. The Labute approximate surface area is 175 Å². The van der Waals surface area contributed by atoms with Crippen molar-refractivity contribution in [3.8, 4) is 11.3 Å². The highest BCUT2D eigenvalue weighted by molar-refractivity contribution is 14.1. The number of furan rings is 1. The largest absolute Gasteiger partial charge is 0.457 e. The summed E-state index contributed by atoms with van der Waals surface area (Å²) in [6.45, 7) is 1.95. The predicted octanol–water partition coefficient (Wildman–Crippen LogP) is 6.82. The molecule has 0 aliphatic rings. The van der Waals surface area contributed by atoms with Crippen LogP contribution in [0.5, 0.6) is 0 Å². The second-order valence-electron chi connectivity index (χ2n) is 5.61. The van der Waals surface area contributed by atoms with Crippen LogP contribution in [-0.2, 0) is 4.79 Å². The topological polar surface area (TPSA) is 42.2 Å². The van der Waals surface area contributed by atoms with Gasteiger partial charge in [0.25, 0.3) is 0 Å². The van der Waals surface area contributed by atoms with Gasteiger partial charge in [0.05, 0.1) is 5.02 Å². The van der Waals surface area contributed by atoms with Crippen LogP contribution in [0.1, 0.15) is 11.3 Å². The van der Waals surface area contributed by atoms with Crippen molar-refractivity contribution in [2.75, 3.05) is 5.32 Å². The van der Waals surface area contributed by atoms with Crippen molar-refractivity contribution in [2.45, 2.75) is 6.92 Å². The van der Waals surface area contributed by atoms with Crippen LogP contribution in [0.15, 0.2) is 59.0 Å². The lowest BCUT2D eigenvalue weighted by atomic mass is 10.2. The summed E-state index contributed by atoms with van der Waals surface area (Å²) >= 11 is 14.3. The van der Waals surface area contributed by atoms with Crippen LogP contribution in [0.3, 0.4) is 0 Å². The van der Waals surface area contributed by atoms with Crippen LogP contribution >= 0.6 is 45.8 Å². The predicted molar refractivity (Wildman–Crippen MR) is 116 cm³/mol. The van der Waals surface area contributed by atoms with E-state index in [2.05, 4.69) is 27.9 Å². The zero-order chi connectivity index (χ0) is 18.7. The van der Waals surface area contributed by atoms with Gasteiger partial charge in [-0.15, -0.1) is 0 Å². The summed E-state index contributed by atoms with van der Waals surface area (Å²) in [6, 6.07) is 14.6. The molecule has 1 amide bonds. The first-order valence-corrected chi connectivity index (χ1v) is 9.56. The Morgan fingerprint density at radius 2 is 1.92 bits per heavy atom. The van der Waals surface area contributed by atoms with Crippen LogP contribution in [0.4, 0.5) is 5.69 Å². The highest BCUT2D eigenvalue weighted by Gasteiger charge is 2.09. The molecule has 0 unspecified atom stereocenters. The van der Waals surface area contributed by atoms with Crippen LogP contribution < -0.4 is 5.32 Å². The molecule has 1 aromatic heterocycles. The highest BCUT2D eigenvalue weighted by Crippen LogP contribution is 2.31. The number of aryl methyl sites for hydroxylation is 1. The van der Waals surface area contributed by atoms with Crippen molar-refractivity contribution in [2.24, 2.45) is 0 Å². The van der Waals surface area contributed by atoms with Gasteiger partial charge in [-0.1, -0.05) is 23.2 Å². The van der Waals surface area contributed by atoms with Crippen LogP contribution in [0.2, 0.25) is 10.0 Å². The molecule has 132 valence electrons. The average Bonchev–Trinajstić information content (AvgIpc) is 3.04. The molecule has 3 nitrogen and oxygen atoms in total. The normalized spacial score (nSPS) is 11.1. The van der Waals surface area contributed by atoms with E-state index in [1.54, 1.807) is 36.4 Å². The van der Waals surface area contributed by atoms with Crippen LogP contribution in [0, 0.1) is 10.5 Å². The fraction of sp³-hybridized carbons (Fsp3) is 0.0500. The van der Waals surface area contributed by atoms with Crippen LogP contribution in [-0.4, -0.2) is 5.91 Å². The molecule has 0 aliphatic heterocycles. The monoisotopic (exact) mass is 497 g/mol. The summed E-state index contributed by atoms with van der Waals surface area (Å²) in [5.74, 6) is 0.942. The standard InChI is InChI=1S/C20H14Cl2INO2/c1-12-10-14(23)3-7-18(12)24-20(25)9-5-15-4-8-19(26-15)16-6-2-13(21)11-17(16)22/h2-11H,1H3,(H,24,25)/b9-5+. The molecule has 3 aromatic rings. The van der Waals surface area contributed by atoms with E-state index in [1.807, 2.05) is 25.1 Å². The van der Waals surface area contributed by atoms with Crippen LogP contribution in [0.25, 0.3) is 17.4 Å². The molecule has 6 heteroatoms. The number of benzene rings is 2. The first-order valence-electron chi connectivity index (χ1n) is 7.73. The van der Waals surface area contributed by atoms with E-state index >= 15 is 0 Å². The lowest BCUT2D eigenvalue weighted by Gasteiger charge is -2.06. The minimum atomic E-state index is -0.225. The highest BCUT2D eigenvalue weighted by atomic mass is 127. The number of carbonyl (C=O) groups is 1. The van der Waals surface area contributed by atoms with E-state index < -0.39 is 0 Å². The maximum Gasteiger partial charge on any atom is 0.248 e. The Bertz CT molecular complexity index is 995. The third kappa shape index (κ3) is 4.69. The van der Waals surface area contributed by atoms with Gasteiger partial charge in [0.15, 0.2) is 0 Å².